The van der Waals surface area contributed by atoms with Crippen molar-refractivity contribution in [1.29, 1.82) is 0 Å². The minimum absolute atomic E-state index is 0.254. The number of hydrogen-bond acceptors (Lipinski definition) is 4. The van der Waals surface area contributed by atoms with Gasteiger partial charge < -0.3 is 4.74 Å². The summed E-state index contributed by atoms with van der Waals surface area (Å²) in [5.41, 5.74) is 4.51. The smallest absolute Gasteiger partial charge is 0.191 e. The van der Waals surface area contributed by atoms with E-state index in [1.54, 1.807) is 11.8 Å². The third-order valence-electron chi connectivity index (χ3n) is 4.59. The first-order valence-electron chi connectivity index (χ1n) is 9.54. The minimum Gasteiger partial charge on any atom is -0.483 e. The first kappa shape index (κ1) is 21.5. The van der Waals surface area contributed by atoms with Crippen molar-refractivity contribution in [1.82, 2.24) is 14.8 Å². The first-order chi connectivity index (χ1) is 13.9. The molecule has 2 aromatic carbocycles. The van der Waals surface area contributed by atoms with Crippen molar-refractivity contribution in [2.24, 2.45) is 0 Å². The summed E-state index contributed by atoms with van der Waals surface area (Å²) in [6.07, 6.45) is 1.60. The fourth-order valence-electron chi connectivity index (χ4n) is 3.19. The van der Waals surface area contributed by atoms with E-state index >= 15 is 0 Å². The van der Waals surface area contributed by atoms with Gasteiger partial charge in [-0.05, 0) is 56.5 Å². The normalized spacial score (nSPS) is 12.0. The topological polar surface area (TPSA) is 39.9 Å². The van der Waals surface area contributed by atoms with Crippen molar-refractivity contribution < 1.29 is 4.74 Å². The van der Waals surface area contributed by atoms with Gasteiger partial charge in [0.15, 0.2) is 17.1 Å². The van der Waals surface area contributed by atoms with Crippen LogP contribution in [-0.2, 0) is 12.3 Å². The average molecular weight is 428 g/mol. The maximum Gasteiger partial charge on any atom is 0.191 e. The first-order valence-corrected chi connectivity index (χ1v) is 10.9. The molecule has 4 nitrogen and oxygen atoms in total. The SMILES string of the molecule is C=CCn1c(SCc2cccc(C)c2)nnc1C(C)Oc1cc(C)c(Cl)c(C)c1. The summed E-state index contributed by atoms with van der Waals surface area (Å²) in [5, 5.41) is 10.5. The number of nitrogens with zero attached hydrogens (tertiary/aromatic N) is 3. The number of halogens is 1. The van der Waals surface area contributed by atoms with Gasteiger partial charge in [0.2, 0.25) is 0 Å². The van der Waals surface area contributed by atoms with E-state index in [9.17, 15) is 0 Å². The fraction of sp³-hybridized carbons (Fsp3) is 0.304. The van der Waals surface area contributed by atoms with Gasteiger partial charge in [-0.3, -0.25) is 4.57 Å². The standard InChI is InChI=1S/C23H26ClN3OS/c1-6-10-27-22(18(5)28-20-12-16(3)21(24)17(4)13-20)25-26-23(27)29-14-19-9-7-8-15(2)11-19/h6-9,11-13,18H,1,10,14H2,2-5H3. The van der Waals surface area contributed by atoms with Crippen LogP contribution in [0.1, 0.15) is 41.1 Å². The summed E-state index contributed by atoms with van der Waals surface area (Å²) in [7, 11) is 0. The quantitative estimate of drug-likeness (QED) is 0.305. The highest BCUT2D eigenvalue weighted by Crippen LogP contribution is 2.30. The molecule has 1 atom stereocenters. The lowest BCUT2D eigenvalue weighted by molar-refractivity contribution is 0.210. The van der Waals surface area contributed by atoms with E-state index in [1.165, 1.54) is 11.1 Å². The predicted octanol–water partition coefficient (Wildman–Crippen LogP) is 6.48. The molecule has 0 bridgehead atoms. The van der Waals surface area contributed by atoms with Crippen LogP contribution in [0.15, 0.2) is 54.2 Å². The lowest BCUT2D eigenvalue weighted by Gasteiger charge is -2.17. The second-order valence-corrected chi connectivity index (χ2v) is 8.47. The lowest BCUT2D eigenvalue weighted by Crippen LogP contribution is -2.12. The molecule has 152 valence electrons. The number of allylic oxidation sites excluding steroid dienone is 1. The average Bonchev–Trinajstić information content (AvgIpc) is 3.07. The molecule has 0 aliphatic rings. The van der Waals surface area contributed by atoms with Crippen LogP contribution >= 0.6 is 23.4 Å². The molecule has 0 aliphatic carbocycles. The molecule has 0 amide bonds. The third-order valence-corrected chi connectivity index (χ3v) is 6.23. The second kappa shape index (κ2) is 9.51. The molecule has 0 radical (unpaired) electrons. The molecule has 3 rings (SSSR count). The number of rotatable bonds is 8. The van der Waals surface area contributed by atoms with E-state index in [-0.39, 0.29) is 6.10 Å². The molecule has 3 aromatic rings. The van der Waals surface area contributed by atoms with Crippen LogP contribution in [0.2, 0.25) is 5.02 Å². The molecule has 1 aromatic heterocycles. The van der Waals surface area contributed by atoms with Crippen LogP contribution in [0.25, 0.3) is 0 Å². The molecular weight excluding hydrogens is 402 g/mol. The van der Waals surface area contributed by atoms with E-state index in [2.05, 4.69) is 52.5 Å². The van der Waals surface area contributed by atoms with E-state index < -0.39 is 0 Å². The third kappa shape index (κ3) is 5.22. The Hall–Kier alpha value is -2.24. The van der Waals surface area contributed by atoms with E-state index in [0.29, 0.717) is 6.54 Å². The highest BCUT2D eigenvalue weighted by molar-refractivity contribution is 7.98. The lowest BCUT2D eigenvalue weighted by atomic mass is 10.1. The summed E-state index contributed by atoms with van der Waals surface area (Å²) in [6.45, 7) is 12.6. The Bertz CT molecular complexity index is 992. The minimum atomic E-state index is -0.254. The molecule has 6 heteroatoms. The van der Waals surface area contributed by atoms with Crippen LogP contribution in [0, 0.1) is 20.8 Å². The maximum absolute atomic E-state index is 6.27. The Labute approximate surface area is 182 Å². The van der Waals surface area contributed by atoms with Gasteiger partial charge in [-0.25, -0.2) is 0 Å². The highest BCUT2D eigenvalue weighted by atomic mass is 35.5. The number of thioether (sulfide) groups is 1. The highest BCUT2D eigenvalue weighted by Gasteiger charge is 2.19. The van der Waals surface area contributed by atoms with E-state index in [4.69, 9.17) is 16.3 Å². The van der Waals surface area contributed by atoms with Crippen molar-refractivity contribution >= 4 is 23.4 Å². The Balaban J connectivity index is 1.79. The Morgan fingerprint density at radius 1 is 1.17 bits per heavy atom. The Morgan fingerprint density at radius 3 is 2.55 bits per heavy atom. The fourth-order valence-corrected chi connectivity index (χ4v) is 4.20. The number of hydrogen-bond donors (Lipinski definition) is 0. The molecule has 0 fully saturated rings. The van der Waals surface area contributed by atoms with Crippen molar-refractivity contribution in [2.75, 3.05) is 0 Å². The summed E-state index contributed by atoms with van der Waals surface area (Å²) in [6, 6.07) is 12.4. The van der Waals surface area contributed by atoms with Gasteiger partial charge in [0.05, 0.1) is 0 Å². The molecule has 0 spiro atoms. The number of aromatic nitrogens is 3. The zero-order valence-electron chi connectivity index (χ0n) is 17.3. The zero-order valence-corrected chi connectivity index (χ0v) is 18.8. The van der Waals surface area contributed by atoms with Crippen molar-refractivity contribution in [3.05, 3.63) is 82.2 Å². The summed E-state index contributed by atoms with van der Waals surface area (Å²) >= 11 is 7.94. The molecule has 0 saturated heterocycles. The Kier molecular flexibility index (Phi) is 7.04. The van der Waals surface area contributed by atoms with Crippen molar-refractivity contribution in [3.63, 3.8) is 0 Å². The molecule has 1 heterocycles. The maximum atomic E-state index is 6.27. The van der Waals surface area contributed by atoms with Crippen LogP contribution in [0.5, 0.6) is 5.75 Å². The van der Waals surface area contributed by atoms with E-state index in [0.717, 1.165) is 38.6 Å². The van der Waals surface area contributed by atoms with Crippen molar-refractivity contribution in [2.45, 2.75) is 51.3 Å². The largest absolute Gasteiger partial charge is 0.483 e. The molecule has 0 saturated carbocycles. The van der Waals surface area contributed by atoms with Crippen LogP contribution < -0.4 is 4.74 Å². The van der Waals surface area contributed by atoms with Crippen LogP contribution in [0.3, 0.4) is 0 Å². The molecular formula is C23H26ClN3OS. The Morgan fingerprint density at radius 2 is 1.90 bits per heavy atom. The zero-order chi connectivity index (χ0) is 21.0. The number of benzene rings is 2. The van der Waals surface area contributed by atoms with Gasteiger partial charge in [-0.15, -0.1) is 16.8 Å². The van der Waals surface area contributed by atoms with Gasteiger partial charge >= 0.3 is 0 Å². The van der Waals surface area contributed by atoms with Gasteiger partial charge in [-0.2, -0.15) is 0 Å². The van der Waals surface area contributed by atoms with Crippen molar-refractivity contribution in [3.8, 4) is 5.75 Å². The van der Waals surface area contributed by atoms with Crippen LogP contribution in [-0.4, -0.2) is 14.8 Å². The summed E-state index contributed by atoms with van der Waals surface area (Å²) in [5.74, 6) is 2.39. The van der Waals surface area contributed by atoms with E-state index in [1.807, 2.05) is 39.0 Å². The van der Waals surface area contributed by atoms with Gasteiger partial charge in [0.25, 0.3) is 0 Å². The molecule has 0 aliphatic heterocycles. The monoisotopic (exact) mass is 427 g/mol. The summed E-state index contributed by atoms with van der Waals surface area (Å²) < 4.78 is 8.23. The molecule has 1 unspecified atom stereocenters. The summed E-state index contributed by atoms with van der Waals surface area (Å²) in [4.78, 5) is 0. The van der Waals surface area contributed by atoms with Gasteiger partial charge in [0.1, 0.15) is 5.75 Å². The van der Waals surface area contributed by atoms with Gasteiger partial charge in [0, 0.05) is 17.3 Å². The predicted molar refractivity (Wildman–Crippen MR) is 121 cm³/mol. The van der Waals surface area contributed by atoms with Crippen LogP contribution in [0.4, 0.5) is 0 Å². The molecule has 29 heavy (non-hydrogen) atoms. The second-order valence-electron chi connectivity index (χ2n) is 7.15. The number of aryl methyl sites for hydroxylation is 3. The van der Waals surface area contributed by atoms with Gasteiger partial charge in [-0.1, -0.05) is 59.3 Å². The molecule has 0 N–H and O–H groups in total. The number of ether oxygens (including phenoxy) is 1.